The summed E-state index contributed by atoms with van der Waals surface area (Å²) in [5.74, 6) is 0.765. The van der Waals surface area contributed by atoms with E-state index in [2.05, 4.69) is 31.1 Å². The lowest BCUT2D eigenvalue weighted by molar-refractivity contribution is 0.116. The molecule has 16 heavy (non-hydrogen) atoms. The fraction of sp³-hybridized carbons (Fsp3) is 0.917. The quantitative estimate of drug-likeness (QED) is 0.824. The molecular weight excluding hydrogens is 220 g/mol. The van der Waals surface area contributed by atoms with Crippen molar-refractivity contribution in [2.75, 3.05) is 13.2 Å². The van der Waals surface area contributed by atoms with Gasteiger partial charge in [0.15, 0.2) is 5.17 Å². The molecule has 0 spiro atoms. The van der Waals surface area contributed by atoms with Crippen molar-refractivity contribution in [2.24, 2.45) is 10.9 Å². The number of amidine groups is 1. The van der Waals surface area contributed by atoms with Crippen LogP contribution in [-0.4, -0.2) is 35.7 Å². The van der Waals surface area contributed by atoms with Crippen LogP contribution in [0.15, 0.2) is 4.99 Å². The maximum absolute atomic E-state index is 5.54. The van der Waals surface area contributed by atoms with Crippen LogP contribution in [0.25, 0.3) is 0 Å². The van der Waals surface area contributed by atoms with Gasteiger partial charge in [-0.25, -0.2) is 0 Å². The summed E-state index contributed by atoms with van der Waals surface area (Å²) in [6, 6.07) is 0.462. The molecule has 0 radical (unpaired) electrons. The number of aliphatic imine (C=N–C) groups is 1. The summed E-state index contributed by atoms with van der Waals surface area (Å²) in [4.78, 5) is 4.58. The third kappa shape index (κ3) is 3.14. The first kappa shape index (κ1) is 12.2. The first-order valence-corrected chi connectivity index (χ1v) is 7.12. The van der Waals surface area contributed by atoms with Crippen molar-refractivity contribution in [1.82, 2.24) is 5.32 Å². The molecule has 0 saturated carbocycles. The SMILES string of the molecule is CC(C)CC1CN=C(NC2CCOC2C)S1. The van der Waals surface area contributed by atoms with Gasteiger partial charge in [0.25, 0.3) is 0 Å². The first-order valence-electron chi connectivity index (χ1n) is 6.24. The van der Waals surface area contributed by atoms with Gasteiger partial charge in [0.2, 0.25) is 0 Å². The standard InChI is InChI=1S/C12H22N2OS/c1-8(2)6-10-7-13-12(16-10)14-11-4-5-15-9(11)3/h8-11H,4-7H2,1-3H3,(H,13,14). The van der Waals surface area contributed by atoms with E-state index < -0.39 is 0 Å². The molecule has 1 N–H and O–H groups in total. The van der Waals surface area contributed by atoms with Crippen LogP contribution in [0.5, 0.6) is 0 Å². The monoisotopic (exact) mass is 242 g/mol. The van der Waals surface area contributed by atoms with Crippen LogP contribution in [-0.2, 0) is 4.74 Å². The predicted octanol–water partition coefficient (Wildman–Crippen LogP) is 2.27. The van der Waals surface area contributed by atoms with Gasteiger partial charge in [-0.15, -0.1) is 0 Å². The van der Waals surface area contributed by atoms with Gasteiger partial charge in [-0.3, -0.25) is 4.99 Å². The van der Waals surface area contributed by atoms with Crippen LogP contribution in [0, 0.1) is 5.92 Å². The second-order valence-corrected chi connectivity index (χ2v) is 6.42. The van der Waals surface area contributed by atoms with Crippen LogP contribution in [0.1, 0.15) is 33.6 Å². The molecule has 2 rings (SSSR count). The van der Waals surface area contributed by atoms with Gasteiger partial charge in [0.1, 0.15) is 0 Å². The highest BCUT2D eigenvalue weighted by molar-refractivity contribution is 8.14. The smallest absolute Gasteiger partial charge is 0.157 e. The second-order valence-electron chi connectivity index (χ2n) is 5.13. The van der Waals surface area contributed by atoms with E-state index in [1.165, 1.54) is 6.42 Å². The molecular formula is C12H22N2OS. The van der Waals surface area contributed by atoms with Crippen molar-refractivity contribution in [2.45, 2.75) is 51.0 Å². The minimum Gasteiger partial charge on any atom is -0.376 e. The molecule has 92 valence electrons. The number of hydrogen-bond donors (Lipinski definition) is 1. The summed E-state index contributed by atoms with van der Waals surface area (Å²) in [6.07, 6.45) is 2.69. The zero-order chi connectivity index (χ0) is 11.5. The summed E-state index contributed by atoms with van der Waals surface area (Å²) in [5.41, 5.74) is 0. The summed E-state index contributed by atoms with van der Waals surface area (Å²) in [6.45, 7) is 8.55. The average Bonchev–Trinajstić information content (AvgIpc) is 2.77. The normalized spacial score (nSPS) is 34.5. The minimum atomic E-state index is 0.326. The Kier molecular flexibility index (Phi) is 4.14. The number of ether oxygens (including phenoxy) is 1. The van der Waals surface area contributed by atoms with Crippen molar-refractivity contribution in [3.63, 3.8) is 0 Å². The molecule has 1 fully saturated rings. The maximum Gasteiger partial charge on any atom is 0.157 e. The van der Waals surface area contributed by atoms with Gasteiger partial charge in [-0.2, -0.15) is 0 Å². The van der Waals surface area contributed by atoms with Crippen molar-refractivity contribution in [3.8, 4) is 0 Å². The molecule has 3 atom stereocenters. The molecule has 0 bridgehead atoms. The Labute approximate surface area is 102 Å². The van der Waals surface area contributed by atoms with Gasteiger partial charge in [-0.1, -0.05) is 25.6 Å². The number of hydrogen-bond acceptors (Lipinski definition) is 4. The molecule has 2 aliphatic heterocycles. The molecule has 3 nitrogen and oxygen atoms in total. The molecule has 2 heterocycles. The average molecular weight is 242 g/mol. The number of nitrogens with one attached hydrogen (secondary N) is 1. The highest BCUT2D eigenvalue weighted by atomic mass is 32.2. The molecule has 0 aliphatic carbocycles. The lowest BCUT2D eigenvalue weighted by Crippen LogP contribution is -2.37. The first-order chi connectivity index (χ1) is 7.65. The number of nitrogens with zero attached hydrogens (tertiary/aromatic N) is 1. The fourth-order valence-electron chi connectivity index (χ4n) is 2.23. The minimum absolute atomic E-state index is 0.326. The van der Waals surface area contributed by atoms with Crippen molar-refractivity contribution < 1.29 is 4.74 Å². The van der Waals surface area contributed by atoms with E-state index in [-0.39, 0.29) is 0 Å². The largest absolute Gasteiger partial charge is 0.376 e. The van der Waals surface area contributed by atoms with E-state index in [4.69, 9.17) is 4.74 Å². The Morgan fingerprint density at radius 3 is 3.00 bits per heavy atom. The fourth-order valence-corrected chi connectivity index (χ4v) is 3.54. The number of rotatable bonds is 3. The zero-order valence-corrected chi connectivity index (χ0v) is 11.2. The molecule has 4 heteroatoms. The molecule has 0 amide bonds. The Morgan fingerprint density at radius 2 is 2.38 bits per heavy atom. The maximum atomic E-state index is 5.54. The summed E-state index contributed by atoms with van der Waals surface area (Å²) in [5, 5.41) is 5.33. The predicted molar refractivity (Wildman–Crippen MR) is 70.1 cm³/mol. The zero-order valence-electron chi connectivity index (χ0n) is 10.4. The lowest BCUT2D eigenvalue weighted by atomic mass is 10.1. The molecule has 2 aliphatic rings. The lowest BCUT2D eigenvalue weighted by Gasteiger charge is -2.17. The third-order valence-electron chi connectivity index (χ3n) is 3.14. The molecule has 0 aromatic carbocycles. The van der Waals surface area contributed by atoms with E-state index in [0.29, 0.717) is 17.4 Å². The summed E-state index contributed by atoms with van der Waals surface area (Å²) >= 11 is 1.91. The van der Waals surface area contributed by atoms with E-state index in [1.54, 1.807) is 0 Å². The van der Waals surface area contributed by atoms with Gasteiger partial charge in [0, 0.05) is 11.9 Å². The van der Waals surface area contributed by atoms with Gasteiger partial charge >= 0.3 is 0 Å². The van der Waals surface area contributed by atoms with Crippen LogP contribution in [0.4, 0.5) is 0 Å². The summed E-state index contributed by atoms with van der Waals surface area (Å²) < 4.78 is 5.54. The van der Waals surface area contributed by atoms with Crippen LogP contribution < -0.4 is 5.32 Å². The van der Waals surface area contributed by atoms with Crippen LogP contribution in [0.2, 0.25) is 0 Å². The van der Waals surface area contributed by atoms with Crippen LogP contribution >= 0.6 is 11.8 Å². The second kappa shape index (κ2) is 5.41. The Morgan fingerprint density at radius 1 is 1.56 bits per heavy atom. The summed E-state index contributed by atoms with van der Waals surface area (Å²) in [7, 11) is 0. The van der Waals surface area contributed by atoms with E-state index in [9.17, 15) is 0 Å². The van der Waals surface area contributed by atoms with E-state index in [0.717, 1.165) is 30.7 Å². The van der Waals surface area contributed by atoms with Crippen molar-refractivity contribution in [1.29, 1.82) is 0 Å². The third-order valence-corrected chi connectivity index (χ3v) is 4.28. The van der Waals surface area contributed by atoms with E-state index in [1.807, 2.05) is 11.8 Å². The Balaban J connectivity index is 1.76. The molecule has 0 aromatic rings. The van der Waals surface area contributed by atoms with Gasteiger partial charge < -0.3 is 10.1 Å². The molecule has 1 saturated heterocycles. The molecule has 0 aromatic heterocycles. The van der Waals surface area contributed by atoms with Crippen LogP contribution in [0.3, 0.4) is 0 Å². The van der Waals surface area contributed by atoms with Crippen molar-refractivity contribution in [3.05, 3.63) is 0 Å². The Bertz CT molecular complexity index is 268. The topological polar surface area (TPSA) is 33.6 Å². The van der Waals surface area contributed by atoms with E-state index >= 15 is 0 Å². The van der Waals surface area contributed by atoms with Gasteiger partial charge in [0.05, 0.1) is 18.7 Å². The highest BCUT2D eigenvalue weighted by Gasteiger charge is 2.28. The van der Waals surface area contributed by atoms with Crippen molar-refractivity contribution >= 4 is 16.9 Å². The Hall–Kier alpha value is -0.220. The molecule has 3 unspecified atom stereocenters. The highest BCUT2D eigenvalue weighted by Crippen LogP contribution is 2.26. The number of thioether (sulfide) groups is 1. The van der Waals surface area contributed by atoms with Gasteiger partial charge in [-0.05, 0) is 25.7 Å².